The number of hydrogen-bond donors (Lipinski definition) is 2. The summed E-state index contributed by atoms with van der Waals surface area (Å²) in [5.74, 6) is -0.145. The minimum absolute atomic E-state index is 0.145. The van der Waals surface area contributed by atoms with Gasteiger partial charge in [-0.3, -0.25) is 4.79 Å². The lowest BCUT2D eigenvalue weighted by molar-refractivity contribution is -0.130. The second kappa shape index (κ2) is 6.51. The summed E-state index contributed by atoms with van der Waals surface area (Å²) >= 11 is 1.50. The predicted molar refractivity (Wildman–Crippen MR) is 75.1 cm³/mol. The third-order valence-electron chi connectivity index (χ3n) is 2.51. The molecular weight excluding hydrogens is 264 g/mol. The van der Waals surface area contributed by atoms with Crippen LogP contribution in [0.5, 0.6) is 0 Å². The molecule has 1 aromatic heterocycles. The number of hydrogen-bond acceptors (Lipinski definition) is 4. The lowest BCUT2D eigenvalue weighted by Crippen LogP contribution is -2.48. The first-order valence-corrected chi connectivity index (χ1v) is 6.89. The van der Waals surface area contributed by atoms with Crippen LogP contribution in [0.15, 0.2) is 5.38 Å². The standard InChI is InChI=1S/C12H20N4O2S/c1-7-6-19-10(13-7)8(2)14-12(18)15-9(3)11(17)16(4)5/h6,8-9H,1-5H3,(H2,14,15,18)/t8?,9-/m0/s1. The Kier molecular flexibility index (Phi) is 5.29. The van der Waals surface area contributed by atoms with Crippen LogP contribution in [-0.4, -0.2) is 42.0 Å². The first-order valence-electron chi connectivity index (χ1n) is 6.01. The molecule has 1 aromatic rings. The van der Waals surface area contributed by atoms with Crippen molar-refractivity contribution < 1.29 is 9.59 Å². The van der Waals surface area contributed by atoms with Crippen molar-refractivity contribution in [1.29, 1.82) is 0 Å². The largest absolute Gasteiger partial charge is 0.347 e. The van der Waals surface area contributed by atoms with Gasteiger partial charge in [-0.2, -0.15) is 0 Å². The molecule has 1 unspecified atom stereocenters. The molecule has 1 heterocycles. The van der Waals surface area contributed by atoms with E-state index in [0.717, 1.165) is 10.7 Å². The van der Waals surface area contributed by atoms with E-state index in [1.54, 1.807) is 21.0 Å². The molecule has 0 fully saturated rings. The molecule has 3 amide bonds. The first-order chi connectivity index (χ1) is 8.81. The van der Waals surface area contributed by atoms with Crippen molar-refractivity contribution in [3.63, 3.8) is 0 Å². The Balaban J connectivity index is 2.49. The van der Waals surface area contributed by atoms with Gasteiger partial charge in [0.15, 0.2) is 0 Å². The summed E-state index contributed by atoms with van der Waals surface area (Å²) in [5, 5.41) is 8.15. The Labute approximate surface area is 117 Å². The average Bonchev–Trinajstić information content (AvgIpc) is 2.74. The van der Waals surface area contributed by atoms with Gasteiger partial charge in [0, 0.05) is 25.2 Å². The van der Waals surface area contributed by atoms with Crippen molar-refractivity contribution in [3.8, 4) is 0 Å². The van der Waals surface area contributed by atoms with Crippen molar-refractivity contribution >= 4 is 23.3 Å². The SMILES string of the molecule is Cc1csc(C(C)NC(=O)N[C@@H](C)C(=O)N(C)C)n1. The van der Waals surface area contributed by atoms with Crippen LogP contribution in [0.4, 0.5) is 4.79 Å². The minimum atomic E-state index is -0.555. The molecule has 0 radical (unpaired) electrons. The van der Waals surface area contributed by atoms with Gasteiger partial charge in [0.05, 0.1) is 6.04 Å². The number of carbonyl (C=O) groups excluding carboxylic acids is 2. The van der Waals surface area contributed by atoms with E-state index in [4.69, 9.17) is 0 Å². The molecule has 0 aliphatic carbocycles. The van der Waals surface area contributed by atoms with Crippen molar-refractivity contribution in [2.45, 2.75) is 32.9 Å². The Morgan fingerprint density at radius 3 is 2.42 bits per heavy atom. The Bertz CT molecular complexity index is 458. The van der Waals surface area contributed by atoms with E-state index in [1.165, 1.54) is 16.2 Å². The second-order valence-electron chi connectivity index (χ2n) is 4.62. The third-order valence-corrected chi connectivity index (χ3v) is 3.66. The summed E-state index contributed by atoms with van der Waals surface area (Å²) in [7, 11) is 3.30. The number of nitrogens with one attached hydrogen (secondary N) is 2. The zero-order valence-corrected chi connectivity index (χ0v) is 12.7. The highest BCUT2D eigenvalue weighted by atomic mass is 32.1. The normalized spacial score (nSPS) is 13.5. The molecule has 2 N–H and O–H groups in total. The third kappa shape index (κ3) is 4.51. The zero-order chi connectivity index (χ0) is 14.6. The summed E-state index contributed by atoms with van der Waals surface area (Å²) in [6.07, 6.45) is 0. The molecule has 0 aromatic carbocycles. The molecule has 19 heavy (non-hydrogen) atoms. The number of rotatable bonds is 4. The topological polar surface area (TPSA) is 74.3 Å². The van der Waals surface area contributed by atoms with Crippen LogP contribution in [0.1, 0.15) is 30.6 Å². The van der Waals surface area contributed by atoms with Crippen molar-refractivity contribution in [2.75, 3.05) is 14.1 Å². The average molecular weight is 284 g/mol. The van der Waals surface area contributed by atoms with Gasteiger partial charge >= 0.3 is 6.03 Å². The highest BCUT2D eigenvalue weighted by Gasteiger charge is 2.19. The number of aryl methyl sites for hydroxylation is 1. The summed E-state index contributed by atoms with van der Waals surface area (Å²) in [6, 6.07) is -1.11. The Hall–Kier alpha value is -1.63. The van der Waals surface area contributed by atoms with Gasteiger partial charge < -0.3 is 15.5 Å². The van der Waals surface area contributed by atoms with Crippen LogP contribution >= 0.6 is 11.3 Å². The van der Waals surface area contributed by atoms with E-state index in [1.807, 2.05) is 19.2 Å². The van der Waals surface area contributed by atoms with E-state index < -0.39 is 6.04 Å². The smallest absolute Gasteiger partial charge is 0.315 e. The van der Waals surface area contributed by atoms with Crippen LogP contribution in [0.2, 0.25) is 0 Å². The molecule has 0 spiro atoms. The van der Waals surface area contributed by atoms with Gasteiger partial charge in [0.2, 0.25) is 5.91 Å². The highest BCUT2D eigenvalue weighted by Crippen LogP contribution is 2.17. The molecule has 0 saturated heterocycles. The van der Waals surface area contributed by atoms with Gasteiger partial charge in [-0.25, -0.2) is 9.78 Å². The first kappa shape index (κ1) is 15.4. The molecule has 1 rings (SSSR count). The summed E-state index contributed by atoms with van der Waals surface area (Å²) in [6.45, 7) is 5.42. The molecule has 0 saturated carbocycles. The fraction of sp³-hybridized carbons (Fsp3) is 0.583. The molecule has 6 nitrogen and oxygen atoms in total. The maximum atomic E-state index is 11.8. The van der Waals surface area contributed by atoms with Crippen molar-refractivity contribution in [2.24, 2.45) is 0 Å². The van der Waals surface area contributed by atoms with Crippen molar-refractivity contribution in [1.82, 2.24) is 20.5 Å². The van der Waals surface area contributed by atoms with E-state index in [0.29, 0.717) is 0 Å². The molecule has 106 valence electrons. The van der Waals surface area contributed by atoms with E-state index in [-0.39, 0.29) is 18.0 Å². The fourth-order valence-corrected chi connectivity index (χ4v) is 2.32. The lowest BCUT2D eigenvalue weighted by Gasteiger charge is -2.19. The van der Waals surface area contributed by atoms with Crippen LogP contribution in [0, 0.1) is 6.92 Å². The number of urea groups is 1. The van der Waals surface area contributed by atoms with Crippen LogP contribution in [-0.2, 0) is 4.79 Å². The molecule has 2 atom stereocenters. The zero-order valence-electron chi connectivity index (χ0n) is 11.9. The van der Waals surface area contributed by atoms with Gasteiger partial charge in [0.1, 0.15) is 11.0 Å². The monoisotopic (exact) mass is 284 g/mol. The van der Waals surface area contributed by atoms with Crippen LogP contribution in [0.3, 0.4) is 0 Å². The Morgan fingerprint density at radius 2 is 1.95 bits per heavy atom. The number of thiazole rings is 1. The summed E-state index contributed by atoms with van der Waals surface area (Å²) in [5.41, 5.74) is 0.935. The maximum absolute atomic E-state index is 11.8. The molecule has 0 aliphatic heterocycles. The number of aromatic nitrogens is 1. The maximum Gasteiger partial charge on any atom is 0.315 e. The number of likely N-dealkylation sites (N-methyl/N-ethyl adjacent to an activating group) is 1. The van der Waals surface area contributed by atoms with Gasteiger partial charge in [0.25, 0.3) is 0 Å². The molecule has 0 aliphatic rings. The summed E-state index contributed by atoms with van der Waals surface area (Å²) in [4.78, 5) is 29.1. The lowest BCUT2D eigenvalue weighted by atomic mass is 10.3. The minimum Gasteiger partial charge on any atom is -0.347 e. The molecule has 7 heteroatoms. The van der Waals surface area contributed by atoms with E-state index in [9.17, 15) is 9.59 Å². The Morgan fingerprint density at radius 1 is 1.32 bits per heavy atom. The van der Waals surface area contributed by atoms with Crippen molar-refractivity contribution in [3.05, 3.63) is 16.1 Å². The van der Waals surface area contributed by atoms with Gasteiger partial charge in [-0.15, -0.1) is 11.3 Å². The fourth-order valence-electron chi connectivity index (χ4n) is 1.52. The number of amides is 3. The van der Waals surface area contributed by atoms with Gasteiger partial charge in [-0.05, 0) is 20.8 Å². The van der Waals surface area contributed by atoms with Crippen LogP contribution < -0.4 is 10.6 Å². The quantitative estimate of drug-likeness (QED) is 0.875. The predicted octanol–water partition coefficient (Wildman–Crippen LogP) is 1.29. The van der Waals surface area contributed by atoms with E-state index >= 15 is 0 Å². The summed E-state index contributed by atoms with van der Waals surface area (Å²) < 4.78 is 0. The second-order valence-corrected chi connectivity index (χ2v) is 5.51. The van der Waals surface area contributed by atoms with Crippen LogP contribution in [0.25, 0.3) is 0 Å². The molecule has 0 bridgehead atoms. The van der Waals surface area contributed by atoms with Gasteiger partial charge in [-0.1, -0.05) is 0 Å². The molecular formula is C12H20N4O2S. The highest BCUT2D eigenvalue weighted by molar-refractivity contribution is 7.09. The number of nitrogens with zero attached hydrogens (tertiary/aromatic N) is 2. The number of carbonyl (C=O) groups is 2. The van der Waals surface area contributed by atoms with E-state index in [2.05, 4.69) is 15.6 Å².